The monoisotopic (exact) mass is 379 g/mol. The first-order valence-electron chi connectivity index (χ1n) is 9.23. The maximum Gasteiger partial charge on any atom is 0.311 e. The predicted octanol–water partition coefficient (Wildman–Crippen LogP) is 5.34. The van der Waals surface area contributed by atoms with Crippen molar-refractivity contribution in [1.82, 2.24) is 14.5 Å². The smallest absolute Gasteiger partial charge is 0.311 e. The minimum absolute atomic E-state index is 0.0391. The van der Waals surface area contributed by atoms with E-state index in [-0.39, 0.29) is 22.8 Å². The van der Waals surface area contributed by atoms with Gasteiger partial charge in [-0.05, 0) is 29.2 Å². The molecule has 146 valence electrons. The third-order valence-electron chi connectivity index (χ3n) is 4.50. The Bertz CT molecular complexity index is 985. The maximum atomic E-state index is 11.5. The van der Waals surface area contributed by atoms with Crippen LogP contribution in [0.25, 0.3) is 5.82 Å². The number of nitrogens with one attached hydrogen (secondary N) is 1. The summed E-state index contributed by atoms with van der Waals surface area (Å²) in [5.41, 5.74) is 1.90. The minimum Gasteiger partial charge on any atom is -0.334 e. The number of imidazole rings is 1. The molecule has 0 saturated carbocycles. The second-order valence-corrected chi connectivity index (χ2v) is 8.06. The van der Waals surface area contributed by atoms with Gasteiger partial charge in [0, 0.05) is 30.1 Å². The van der Waals surface area contributed by atoms with E-state index in [2.05, 4.69) is 36.1 Å². The molecular formula is C21H25N5O2. The average Bonchev–Trinajstić information content (AvgIpc) is 3.11. The van der Waals surface area contributed by atoms with Gasteiger partial charge in [-0.25, -0.2) is 9.97 Å². The molecule has 0 aliphatic heterocycles. The molecule has 0 aliphatic rings. The quantitative estimate of drug-likeness (QED) is 0.478. The van der Waals surface area contributed by atoms with E-state index in [1.807, 2.05) is 48.9 Å². The van der Waals surface area contributed by atoms with Gasteiger partial charge in [0.25, 0.3) is 0 Å². The highest BCUT2D eigenvalue weighted by molar-refractivity contribution is 5.66. The summed E-state index contributed by atoms with van der Waals surface area (Å²) >= 11 is 0. The zero-order chi connectivity index (χ0) is 20.5. The van der Waals surface area contributed by atoms with Crippen molar-refractivity contribution in [3.63, 3.8) is 0 Å². The molecule has 0 radical (unpaired) electrons. The van der Waals surface area contributed by atoms with Crippen molar-refractivity contribution in [2.75, 3.05) is 5.32 Å². The van der Waals surface area contributed by atoms with Gasteiger partial charge >= 0.3 is 5.69 Å². The van der Waals surface area contributed by atoms with Crippen LogP contribution in [0.3, 0.4) is 0 Å². The summed E-state index contributed by atoms with van der Waals surface area (Å²) in [6, 6.07) is 11.0. The first-order chi connectivity index (χ1) is 13.2. The van der Waals surface area contributed by atoms with Crippen molar-refractivity contribution in [1.29, 1.82) is 0 Å². The summed E-state index contributed by atoms with van der Waals surface area (Å²) in [7, 11) is 0. The van der Waals surface area contributed by atoms with Crippen molar-refractivity contribution in [3.05, 3.63) is 70.3 Å². The number of anilines is 2. The van der Waals surface area contributed by atoms with Crippen molar-refractivity contribution >= 4 is 17.2 Å². The summed E-state index contributed by atoms with van der Waals surface area (Å²) in [6.07, 6.45) is 3.52. The fourth-order valence-electron chi connectivity index (χ4n) is 2.94. The van der Waals surface area contributed by atoms with E-state index in [9.17, 15) is 10.1 Å². The lowest BCUT2D eigenvalue weighted by atomic mass is 9.87. The predicted molar refractivity (Wildman–Crippen MR) is 111 cm³/mol. The van der Waals surface area contributed by atoms with Crippen LogP contribution in [0.1, 0.15) is 51.9 Å². The summed E-state index contributed by atoms with van der Waals surface area (Å²) in [5.74, 6) is 1.84. The van der Waals surface area contributed by atoms with Gasteiger partial charge in [0.05, 0.1) is 4.92 Å². The largest absolute Gasteiger partial charge is 0.334 e. The molecule has 0 atom stereocenters. The highest BCUT2D eigenvalue weighted by atomic mass is 16.6. The first-order valence-corrected chi connectivity index (χ1v) is 9.23. The zero-order valence-corrected chi connectivity index (χ0v) is 16.8. The summed E-state index contributed by atoms with van der Waals surface area (Å²) in [4.78, 5) is 19.9. The Labute approximate surface area is 164 Å². The molecule has 2 aromatic heterocycles. The lowest BCUT2D eigenvalue weighted by Crippen LogP contribution is -2.11. The second-order valence-electron chi connectivity index (χ2n) is 8.06. The molecule has 1 aromatic carbocycles. The number of rotatable bonds is 5. The lowest BCUT2D eigenvalue weighted by Gasteiger charge is -2.19. The Morgan fingerprint density at radius 1 is 1.11 bits per heavy atom. The summed E-state index contributed by atoms with van der Waals surface area (Å²) < 4.78 is 1.85. The van der Waals surface area contributed by atoms with Crippen LogP contribution in [-0.2, 0) is 5.41 Å². The normalized spacial score (nSPS) is 11.6. The third-order valence-corrected chi connectivity index (χ3v) is 4.50. The van der Waals surface area contributed by atoms with Crippen molar-refractivity contribution in [2.24, 2.45) is 0 Å². The molecule has 7 heteroatoms. The van der Waals surface area contributed by atoms with Crippen LogP contribution in [0.4, 0.5) is 17.2 Å². The van der Waals surface area contributed by atoms with Crippen LogP contribution < -0.4 is 5.32 Å². The van der Waals surface area contributed by atoms with Crippen molar-refractivity contribution in [2.45, 2.75) is 46.0 Å². The number of pyridine rings is 1. The van der Waals surface area contributed by atoms with E-state index < -0.39 is 4.92 Å². The van der Waals surface area contributed by atoms with Crippen LogP contribution in [0.2, 0.25) is 0 Å². The second kappa shape index (κ2) is 7.42. The van der Waals surface area contributed by atoms with E-state index in [1.165, 1.54) is 11.6 Å². The van der Waals surface area contributed by atoms with Crippen LogP contribution in [-0.4, -0.2) is 19.5 Å². The molecule has 1 N–H and O–H groups in total. The fraction of sp³-hybridized carbons (Fsp3) is 0.333. The van der Waals surface area contributed by atoms with Gasteiger partial charge in [0.2, 0.25) is 5.82 Å². The Morgan fingerprint density at radius 2 is 1.79 bits per heavy atom. The van der Waals surface area contributed by atoms with Crippen LogP contribution in [0, 0.1) is 10.1 Å². The van der Waals surface area contributed by atoms with Gasteiger partial charge in [-0.3, -0.25) is 14.7 Å². The Morgan fingerprint density at radius 3 is 2.36 bits per heavy atom. The van der Waals surface area contributed by atoms with E-state index in [0.717, 1.165) is 11.5 Å². The van der Waals surface area contributed by atoms with Gasteiger partial charge in [-0.1, -0.05) is 46.8 Å². The number of aromatic nitrogens is 3. The fourth-order valence-corrected chi connectivity index (χ4v) is 2.94. The Kier molecular flexibility index (Phi) is 5.18. The number of hydrogen-bond donors (Lipinski definition) is 1. The summed E-state index contributed by atoms with van der Waals surface area (Å²) in [6.45, 7) is 10.5. The summed E-state index contributed by atoms with van der Waals surface area (Å²) in [5, 5.41) is 14.6. The molecule has 3 aromatic rings. The number of nitro groups is 1. The van der Waals surface area contributed by atoms with Crippen molar-refractivity contribution in [3.8, 4) is 5.82 Å². The van der Waals surface area contributed by atoms with Crippen LogP contribution in [0.5, 0.6) is 0 Å². The molecule has 0 spiro atoms. The van der Waals surface area contributed by atoms with E-state index in [0.29, 0.717) is 5.82 Å². The highest BCUT2D eigenvalue weighted by Gasteiger charge is 2.19. The molecule has 28 heavy (non-hydrogen) atoms. The topological polar surface area (TPSA) is 85.9 Å². The number of hydrogen-bond acceptors (Lipinski definition) is 5. The molecule has 0 fully saturated rings. The van der Waals surface area contributed by atoms with Gasteiger partial charge < -0.3 is 5.32 Å². The SMILES string of the molecule is CC(C)c1nccn1-c1ccc([N+](=O)[O-])c(Nc2ccc(C(C)(C)C)cc2)n1. The van der Waals surface area contributed by atoms with Gasteiger partial charge in [-0.15, -0.1) is 0 Å². The lowest BCUT2D eigenvalue weighted by molar-refractivity contribution is -0.384. The minimum atomic E-state index is -0.431. The molecule has 0 amide bonds. The maximum absolute atomic E-state index is 11.5. The molecule has 0 saturated heterocycles. The van der Waals surface area contributed by atoms with E-state index >= 15 is 0 Å². The number of nitrogens with zero attached hydrogens (tertiary/aromatic N) is 4. The van der Waals surface area contributed by atoms with Crippen LogP contribution >= 0.6 is 0 Å². The Balaban J connectivity index is 1.99. The molecule has 0 bridgehead atoms. The molecule has 3 rings (SSSR count). The molecule has 0 unspecified atom stereocenters. The van der Waals surface area contributed by atoms with Crippen LogP contribution in [0.15, 0.2) is 48.8 Å². The molecule has 0 aliphatic carbocycles. The Hall–Kier alpha value is -3.22. The first kappa shape index (κ1) is 19.5. The number of benzene rings is 1. The third kappa shape index (κ3) is 4.03. The highest BCUT2D eigenvalue weighted by Crippen LogP contribution is 2.29. The van der Waals surface area contributed by atoms with Gasteiger partial charge in [0.15, 0.2) is 0 Å². The average molecular weight is 379 g/mol. The van der Waals surface area contributed by atoms with Crippen molar-refractivity contribution < 1.29 is 4.92 Å². The molecular weight excluding hydrogens is 354 g/mol. The zero-order valence-electron chi connectivity index (χ0n) is 16.8. The molecule has 7 nitrogen and oxygen atoms in total. The standard InChI is InChI=1S/C21H25N5O2/c1-14(2)20-22-12-13-25(20)18-11-10-17(26(27)28)19(24-18)23-16-8-6-15(7-9-16)21(3,4)5/h6-14H,1-5H3,(H,23,24). The van der Waals surface area contributed by atoms with E-state index in [4.69, 9.17) is 0 Å². The molecule has 2 heterocycles. The van der Waals surface area contributed by atoms with E-state index in [1.54, 1.807) is 12.3 Å². The van der Waals surface area contributed by atoms with Gasteiger partial charge in [0.1, 0.15) is 11.6 Å². The van der Waals surface area contributed by atoms with Gasteiger partial charge in [-0.2, -0.15) is 0 Å².